The second-order valence-corrected chi connectivity index (χ2v) is 8.37. The first-order valence-electron chi connectivity index (χ1n) is 4.57. The molecular formula is C11H6Br3ClOS. The molecule has 0 saturated carbocycles. The second-order valence-electron chi connectivity index (χ2n) is 3.36. The molecule has 0 bridgehead atoms. The summed E-state index contributed by atoms with van der Waals surface area (Å²) in [6, 6.07) is 7.31. The second kappa shape index (κ2) is 5.72. The average Bonchev–Trinajstić information content (AvgIpc) is 2.61. The largest absolute Gasteiger partial charge is 0.384 e. The van der Waals surface area contributed by atoms with Gasteiger partial charge in [-0.05, 0) is 71.6 Å². The number of hydrogen-bond acceptors (Lipinski definition) is 2. The zero-order chi connectivity index (χ0) is 12.6. The molecule has 0 aliphatic heterocycles. The van der Waals surface area contributed by atoms with Gasteiger partial charge in [0.25, 0.3) is 0 Å². The Morgan fingerprint density at radius 2 is 1.88 bits per heavy atom. The Labute approximate surface area is 133 Å². The topological polar surface area (TPSA) is 20.2 Å². The first-order valence-corrected chi connectivity index (χ1v) is 8.14. The number of thiophene rings is 1. The van der Waals surface area contributed by atoms with Crippen molar-refractivity contribution < 1.29 is 5.11 Å². The Bertz CT molecular complexity index is 556. The lowest BCUT2D eigenvalue weighted by Gasteiger charge is -2.11. The predicted octanol–water partition coefficient (Wildman–Crippen LogP) is 5.77. The van der Waals surface area contributed by atoms with Crippen LogP contribution in [0.15, 0.2) is 36.3 Å². The molecule has 90 valence electrons. The molecule has 1 heterocycles. The Morgan fingerprint density at radius 3 is 2.41 bits per heavy atom. The normalized spacial score (nSPS) is 12.8. The van der Waals surface area contributed by atoms with E-state index < -0.39 is 6.10 Å². The molecule has 1 unspecified atom stereocenters. The molecule has 1 atom stereocenters. The molecule has 17 heavy (non-hydrogen) atoms. The summed E-state index contributed by atoms with van der Waals surface area (Å²) in [5, 5.41) is 10.9. The van der Waals surface area contributed by atoms with E-state index in [0.29, 0.717) is 5.02 Å². The predicted molar refractivity (Wildman–Crippen MR) is 82.9 cm³/mol. The van der Waals surface area contributed by atoms with Gasteiger partial charge in [-0.3, -0.25) is 0 Å². The van der Waals surface area contributed by atoms with Crippen molar-refractivity contribution in [3.05, 3.63) is 52.5 Å². The van der Waals surface area contributed by atoms with Crippen molar-refractivity contribution in [3.63, 3.8) is 0 Å². The maximum atomic E-state index is 10.3. The first kappa shape index (κ1) is 14.0. The van der Waals surface area contributed by atoms with Gasteiger partial charge in [0.1, 0.15) is 6.10 Å². The molecule has 0 aliphatic rings. The number of aliphatic hydroxyl groups is 1. The van der Waals surface area contributed by atoms with Gasteiger partial charge in [-0.2, -0.15) is 0 Å². The third kappa shape index (κ3) is 3.14. The highest BCUT2D eigenvalue weighted by Gasteiger charge is 2.17. The van der Waals surface area contributed by atoms with Gasteiger partial charge in [-0.15, -0.1) is 11.3 Å². The van der Waals surface area contributed by atoms with Crippen LogP contribution in [0.3, 0.4) is 0 Å². The van der Waals surface area contributed by atoms with Gasteiger partial charge in [-0.25, -0.2) is 0 Å². The van der Waals surface area contributed by atoms with E-state index in [4.69, 9.17) is 11.6 Å². The number of aliphatic hydroxyl groups excluding tert-OH is 1. The van der Waals surface area contributed by atoms with Gasteiger partial charge in [0.2, 0.25) is 0 Å². The summed E-state index contributed by atoms with van der Waals surface area (Å²) in [5.74, 6) is 0. The van der Waals surface area contributed by atoms with E-state index in [2.05, 4.69) is 47.8 Å². The maximum absolute atomic E-state index is 10.3. The smallest absolute Gasteiger partial charge is 0.106 e. The van der Waals surface area contributed by atoms with Crippen LogP contribution in [0.2, 0.25) is 5.02 Å². The fraction of sp³-hybridized carbons (Fsp3) is 0.0909. The van der Waals surface area contributed by atoms with Crippen LogP contribution < -0.4 is 0 Å². The lowest BCUT2D eigenvalue weighted by Crippen LogP contribution is -1.98. The zero-order valence-electron chi connectivity index (χ0n) is 8.25. The standard InChI is InChI=1S/C11H6Br3ClOS/c12-7-3-5(1-2-8(7)15)10(16)6-4-9(13)17-11(6)14/h1-4,10,16H. The number of benzene rings is 1. The number of hydrogen-bond donors (Lipinski definition) is 1. The molecule has 0 saturated heterocycles. The van der Waals surface area contributed by atoms with Crippen LogP contribution in [0.1, 0.15) is 17.2 Å². The fourth-order valence-electron chi connectivity index (χ4n) is 1.40. The van der Waals surface area contributed by atoms with Gasteiger partial charge in [-0.1, -0.05) is 17.7 Å². The molecule has 1 N–H and O–H groups in total. The van der Waals surface area contributed by atoms with Gasteiger partial charge < -0.3 is 5.11 Å². The highest BCUT2D eigenvalue weighted by atomic mass is 79.9. The van der Waals surface area contributed by atoms with Gasteiger partial charge in [0.05, 0.1) is 12.6 Å². The van der Waals surface area contributed by atoms with E-state index >= 15 is 0 Å². The van der Waals surface area contributed by atoms with E-state index in [0.717, 1.165) is 23.2 Å². The molecule has 2 aromatic rings. The average molecular weight is 461 g/mol. The fourth-order valence-corrected chi connectivity index (χ4v) is 4.80. The summed E-state index contributed by atoms with van der Waals surface area (Å²) >= 11 is 17.6. The Morgan fingerprint density at radius 1 is 1.18 bits per heavy atom. The van der Waals surface area contributed by atoms with E-state index in [1.54, 1.807) is 6.07 Å². The summed E-state index contributed by atoms with van der Waals surface area (Å²) < 4.78 is 2.68. The molecule has 0 radical (unpaired) electrons. The number of halogens is 4. The van der Waals surface area contributed by atoms with Crippen molar-refractivity contribution in [1.29, 1.82) is 0 Å². The van der Waals surface area contributed by atoms with E-state index in [1.807, 2.05) is 18.2 Å². The molecule has 2 rings (SSSR count). The molecule has 0 amide bonds. The molecule has 0 aliphatic carbocycles. The minimum absolute atomic E-state index is 0.631. The van der Waals surface area contributed by atoms with Crippen molar-refractivity contribution in [3.8, 4) is 0 Å². The van der Waals surface area contributed by atoms with Gasteiger partial charge in [0, 0.05) is 10.0 Å². The molecule has 1 nitrogen and oxygen atoms in total. The Hall–Kier alpha value is 0.610. The van der Waals surface area contributed by atoms with Crippen LogP contribution in [-0.2, 0) is 0 Å². The van der Waals surface area contributed by atoms with Crippen molar-refractivity contribution in [2.24, 2.45) is 0 Å². The van der Waals surface area contributed by atoms with E-state index in [-0.39, 0.29) is 0 Å². The van der Waals surface area contributed by atoms with Crippen LogP contribution in [0.25, 0.3) is 0 Å². The first-order chi connectivity index (χ1) is 7.99. The van der Waals surface area contributed by atoms with Crippen LogP contribution in [0.4, 0.5) is 0 Å². The molecule has 0 fully saturated rings. The van der Waals surface area contributed by atoms with Crippen LogP contribution in [0, 0.1) is 0 Å². The van der Waals surface area contributed by atoms with Crippen molar-refractivity contribution in [2.45, 2.75) is 6.10 Å². The maximum Gasteiger partial charge on any atom is 0.106 e. The summed E-state index contributed by atoms with van der Waals surface area (Å²) in [6.45, 7) is 0. The van der Waals surface area contributed by atoms with E-state index in [9.17, 15) is 5.11 Å². The monoisotopic (exact) mass is 458 g/mol. The molecular weight excluding hydrogens is 455 g/mol. The minimum Gasteiger partial charge on any atom is -0.384 e. The van der Waals surface area contributed by atoms with Gasteiger partial charge >= 0.3 is 0 Å². The molecule has 1 aromatic heterocycles. The lowest BCUT2D eigenvalue weighted by atomic mass is 10.0. The highest BCUT2D eigenvalue weighted by Crippen LogP contribution is 2.38. The summed E-state index contributed by atoms with van der Waals surface area (Å²) in [7, 11) is 0. The Kier molecular flexibility index (Phi) is 4.72. The Balaban J connectivity index is 2.40. The van der Waals surface area contributed by atoms with Crippen LogP contribution in [-0.4, -0.2) is 5.11 Å². The minimum atomic E-state index is -0.666. The molecule has 0 spiro atoms. The summed E-state index contributed by atoms with van der Waals surface area (Å²) in [4.78, 5) is 0. The van der Waals surface area contributed by atoms with Crippen LogP contribution in [0.5, 0.6) is 0 Å². The lowest BCUT2D eigenvalue weighted by molar-refractivity contribution is 0.220. The molecule has 6 heteroatoms. The third-order valence-corrected chi connectivity index (χ3v) is 5.84. The third-order valence-electron chi connectivity index (χ3n) is 2.24. The van der Waals surface area contributed by atoms with Crippen molar-refractivity contribution in [2.75, 3.05) is 0 Å². The van der Waals surface area contributed by atoms with E-state index in [1.165, 1.54) is 11.3 Å². The highest BCUT2D eigenvalue weighted by molar-refractivity contribution is 9.12. The molecule has 1 aromatic carbocycles. The zero-order valence-corrected chi connectivity index (χ0v) is 14.6. The van der Waals surface area contributed by atoms with Crippen molar-refractivity contribution in [1.82, 2.24) is 0 Å². The summed E-state index contributed by atoms with van der Waals surface area (Å²) in [5.41, 5.74) is 1.64. The van der Waals surface area contributed by atoms with Crippen molar-refractivity contribution >= 4 is 70.7 Å². The quantitative estimate of drug-likeness (QED) is 0.602. The number of rotatable bonds is 2. The SMILES string of the molecule is OC(c1ccc(Cl)c(Br)c1)c1cc(Br)sc1Br. The summed E-state index contributed by atoms with van der Waals surface area (Å²) in [6.07, 6.45) is -0.666. The van der Waals surface area contributed by atoms with Gasteiger partial charge in [0.15, 0.2) is 0 Å². The van der Waals surface area contributed by atoms with Crippen LogP contribution >= 0.6 is 70.7 Å².